The summed E-state index contributed by atoms with van der Waals surface area (Å²) in [5, 5.41) is 6.23. The SMILES string of the molecule is COc1c(F)cccc1Nc1c(-c2ccncc2OCCCCNI)[nH]c2c1C(=O)N[C@@H](C)C2. The van der Waals surface area contributed by atoms with Crippen molar-refractivity contribution in [3.63, 3.8) is 0 Å². The van der Waals surface area contributed by atoms with Crippen LogP contribution in [-0.2, 0) is 6.42 Å². The van der Waals surface area contributed by atoms with E-state index >= 15 is 0 Å². The third kappa shape index (κ3) is 5.12. The van der Waals surface area contributed by atoms with Crippen LogP contribution >= 0.6 is 22.9 Å². The molecule has 1 atom stereocenters. The maximum Gasteiger partial charge on any atom is 0.255 e. The van der Waals surface area contributed by atoms with E-state index in [4.69, 9.17) is 9.47 Å². The third-order valence-electron chi connectivity index (χ3n) is 5.60. The Morgan fingerprint density at radius 1 is 1.29 bits per heavy atom. The number of amides is 1. The second-order valence-electron chi connectivity index (χ2n) is 8.06. The van der Waals surface area contributed by atoms with Crippen molar-refractivity contribution in [2.45, 2.75) is 32.2 Å². The van der Waals surface area contributed by atoms with E-state index in [0.717, 1.165) is 30.6 Å². The van der Waals surface area contributed by atoms with E-state index in [1.54, 1.807) is 24.5 Å². The van der Waals surface area contributed by atoms with Crippen LogP contribution in [0.15, 0.2) is 36.7 Å². The summed E-state index contributed by atoms with van der Waals surface area (Å²) in [5.41, 5.74) is 3.69. The number of carbonyl (C=O) groups is 1. The molecule has 0 spiro atoms. The van der Waals surface area contributed by atoms with Crippen LogP contribution in [-0.4, -0.2) is 42.2 Å². The minimum atomic E-state index is -0.495. The first-order valence-electron chi connectivity index (χ1n) is 11.1. The number of methoxy groups -OCH3 is 1. The molecule has 0 saturated heterocycles. The predicted molar refractivity (Wildman–Crippen MR) is 138 cm³/mol. The number of H-pyrrole nitrogens is 1. The normalized spacial score (nSPS) is 14.9. The largest absolute Gasteiger partial charge is 0.492 e. The number of hydrogen-bond acceptors (Lipinski definition) is 6. The van der Waals surface area contributed by atoms with Crippen molar-refractivity contribution >= 4 is 40.1 Å². The number of rotatable bonds is 10. The van der Waals surface area contributed by atoms with E-state index in [1.165, 1.54) is 13.2 Å². The number of nitrogens with zero attached hydrogens (tertiary/aromatic N) is 1. The summed E-state index contributed by atoms with van der Waals surface area (Å²) in [6, 6.07) is 6.46. The Bertz CT molecular complexity index is 1170. The summed E-state index contributed by atoms with van der Waals surface area (Å²) in [6.45, 7) is 3.40. The molecule has 4 rings (SSSR count). The smallest absolute Gasteiger partial charge is 0.255 e. The quantitative estimate of drug-likeness (QED) is 0.157. The van der Waals surface area contributed by atoms with Gasteiger partial charge >= 0.3 is 0 Å². The predicted octanol–water partition coefficient (Wildman–Crippen LogP) is 4.74. The molecular formula is C24H27FIN5O3. The summed E-state index contributed by atoms with van der Waals surface area (Å²) in [7, 11) is 1.41. The Hall–Kier alpha value is -2.86. The Morgan fingerprint density at radius 3 is 2.94 bits per heavy atom. The Kier molecular flexibility index (Phi) is 7.88. The molecule has 0 saturated carbocycles. The fourth-order valence-electron chi connectivity index (χ4n) is 4.06. The summed E-state index contributed by atoms with van der Waals surface area (Å²) < 4.78 is 28.8. The monoisotopic (exact) mass is 579 g/mol. The number of unbranched alkanes of at least 4 members (excludes halogenated alkanes) is 1. The number of aromatic amines is 1. The van der Waals surface area contributed by atoms with E-state index in [2.05, 4.69) is 47.0 Å². The van der Waals surface area contributed by atoms with Crippen molar-refractivity contribution in [3.05, 3.63) is 53.7 Å². The van der Waals surface area contributed by atoms with Gasteiger partial charge in [0.25, 0.3) is 5.91 Å². The number of anilines is 2. The lowest BCUT2D eigenvalue weighted by atomic mass is 10.0. The molecule has 1 aromatic carbocycles. The second kappa shape index (κ2) is 11.0. The van der Waals surface area contributed by atoms with Crippen LogP contribution < -0.4 is 23.6 Å². The average molecular weight is 579 g/mol. The molecule has 10 heteroatoms. The molecule has 4 N–H and O–H groups in total. The molecule has 1 aliphatic heterocycles. The van der Waals surface area contributed by atoms with Crippen molar-refractivity contribution in [2.24, 2.45) is 0 Å². The molecule has 180 valence electrons. The van der Waals surface area contributed by atoms with Gasteiger partial charge in [0.2, 0.25) is 0 Å². The highest BCUT2D eigenvalue weighted by Crippen LogP contribution is 2.42. The average Bonchev–Trinajstić information content (AvgIpc) is 3.17. The summed E-state index contributed by atoms with van der Waals surface area (Å²) in [4.78, 5) is 20.7. The summed E-state index contributed by atoms with van der Waals surface area (Å²) >= 11 is 2.13. The van der Waals surface area contributed by atoms with Gasteiger partial charge in [-0.3, -0.25) is 13.3 Å². The first-order chi connectivity index (χ1) is 16.5. The summed E-state index contributed by atoms with van der Waals surface area (Å²) in [6.07, 6.45) is 5.86. The topological polar surface area (TPSA) is 100 Å². The molecule has 34 heavy (non-hydrogen) atoms. The highest BCUT2D eigenvalue weighted by molar-refractivity contribution is 14.1. The van der Waals surface area contributed by atoms with Crippen LogP contribution in [0.25, 0.3) is 11.3 Å². The van der Waals surface area contributed by atoms with Crippen molar-refractivity contribution in [2.75, 3.05) is 25.6 Å². The Balaban J connectivity index is 1.77. The van der Waals surface area contributed by atoms with E-state index in [-0.39, 0.29) is 17.7 Å². The molecule has 0 aliphatic carbocycles. The zero-order valence-corrected chi connectivity index (χ0v) is 21.2. The second-order valence-corrected chi connectivity index (χ2v) is 8.83. The highest BCUT2D eigenvalue weighted by atomic mass is 127. The number of hydrogen-bond donors (Lipinski definition) is 4. The number of fused-ring (bicyclic) bond motifs is 1. The fourth-order valence-corrected chi connectivity index (χ4v) is 4.44. The van der Waals surface area contributed by atoms with Crippen molar-refractivity contribution < 1.29 is 18.7 Å². The molecule has 0 radical (unpaired) electrons. The van der Waals surface area contributed by atoms with Gasteiger partial charge in [-0.15, -0.1) is 0 Å². The van der Waals surface area contributed by atoms with Gasteiger partial charge in [0.15, 0.2) is 11.6 Å². The molecule has 3 heterocycles. The van der Waals surface area contributed by atoms with Gasteiger partial charge < -0.3 is 25.1 Å². The molecule has 2 aromatic heterocycles. The molecule has 3 aromatic rings. The fraction of sp³-hybridized carbons (Fsp3) is 0.333. The van der Waals surface area contributed by atoms with Crippen molar-refractivity contribution in [1.82, 2.24) is 18.8 Å². The zero-order valence-electron chi connectivity index (χ0n) is 19.0. The van der Waals surface area contributed by atoms with Crippen molar-refractivity contribution in [3.8, 4) is 22.8 Å². The molecule has 0 unspecified atom stereocenters. The first kappa shape index (κ1) is 24.3. The number of benzene rings is 1. The van der Waals surface area contributed by atoms with Crippen LogP contribution in [0.1, 0.15) is 35.8 Å². The van der Waals surface area contributed by atoms with Crippen LogP contribution in [0.5, 0.6) is 11.5 Å². The Morgan fingerprint density at radius 2 is 2.15 bits per heavy atom. The molecule has 0 bridgehead atoms. The molecular weight excluding hydrogens is 552 g/mol. The minimum absolute atomic E-state index is 0.0114. The number of nitrogens with one attached hydrogen (secondary N) is 4. The van der Waals surface area contributed by atoms with Crippen LogP contribution in [0.3, 0.4) is 0 Å². The lowest BCUT2D eigenvalue weighted by Crippen LogP contribution is -2.39. The van der Waals surface area contributed by atoms with E-state index in [1.807, 2.05) is 13.0 Å². The van der Waals surface area contributed by atoms with Gasteiger partial charge in [0.1, 0.15) is 5.75 Å². The minimum Gasteiger partial charge on any atom is -0.492 e. The van der Waals surface area contributed by atoms with Gasteiger partial charge in [-0.25, -0.2) is 4.39 Å². The van der Waals surface area contributed by atoms with Gasteiger partial charge in [-0.2, -0.15) is 0 Å². The number of para-hydroxylation sites is 1. The third-order valence-corrected chi connectivity index (χ3v) is 6.14. The summed E-state index contributed by atoms with van der Waals surface area (Å²) in [5.74, 6) is -0.0169. The first-order valence-corrected chi connectivity index (χ1v) is 12.2. The molecule has 1 aliphatic rings. The molecule has 1 amide bonds. The van der Waals surface area contributed by atoms with Crippen LogP contribution in [0.2, 0.25) is 0 Å². The standard InChI is InChI=1S/C24H27FIN5O3/c1-14-12-18-20(24(32)29-14)22(30-17-7-5-6-16(25)23(17)33-2)21(31-18)15-8-10-27-13-19(15)34-11-4-3-9-28-26/h5-8,10,13-14,28,30-31H,3-4,9,11-12H2,1-2H3,(H,29,32)/t14-/m0/s1. The van der Waals surface area contributed by atoms with Gasteiger partial charge in [0, 0.05) is 59.3 Å². The van der Waals surface area contributed by atoms with Crippen LogP contribution in [0.4, 0.5) is 15.8 Å². The lowest BCUT2D eigenvalue weighted by Gasteiger charge is -2.21. The van der Waals surface area contributed by atoms with Crippen LogP contribution in [0, 0.1) is 5.82 Å². The van der Waals surface area contributed by atoms with Gasteiger partial charge in [-0.05, 0) is 38.0 Å². The van der Waals surface area contributed by atoms with Gasteiger partial charge in [0.05, 0.1) is 42.5 Å². The van der Waals surface area contributed by atoms with Gasteiger partial charge in [-0.1, -0.05) is 6.07 Å². The maximum absolute atomic E-state index is 14.4. The number of halogens is 2. The van der Waals surface area contributed by atoms with E-state index in [0.29, 0.717) is 41.4 Å². The van der Waals surface area contributed by atoms with Crippen molar-refractivity contribution in [1.29, 1.82) is 0 Å². The highest BCUT2D eigenvalue weighted by Gasteiger charge is 2.31. The Labute approximate surface area is 211 Å². The molecule has 8 nitrogen and oxygen atoms in total. The number of pyridine rings is 1. The van der Waals surface area contributed by atoms with E-state index in [9.17, 15) is 9.18 Å². The zero-order chi connectivity index (χ0) is 24.1. The number of carbonyl (C=O) groups excluding carboxylic acids is 1. The molecule has 0 fully saturated rings. The lowest BCUT2D eigenvalue weighted by molar-refractivity contribution is 0.0930. The number of aromatic nitrogens is 2. The number of ether oxygens (including phenoxy) is 2. The maximum atomic E-state index is 14.4. The van der Waals surface area contributed by atoms with E-state index < -0.39 is 5.82 Å².